The van der Waals surface area contributed by atoms with Gasteiger partial charge in [0.1, 0.15) is 0 Å². The lowest BCUT2D eigenvalue weighted by atomic mass is 10.2. The molecule has 118 valence electrons. The summed E-state index contributed by atoms with van der Waals surface area (Å²) in [4.78, 5) is 0.224. The van der Waals surface area contributed by atoms with E-state index in [1.54, 1.807) is 37.3 Å². The Morgan fingerprint density at radius 1 is 0.955 bits per heavy atom. The van der Waals surface area contributed by atoms with Crippen LogP contribution in [0.3, 0.4) is 0 Å². The highest BCUT2D eigenvalue weighted by atomic mass is 32.2. The molecule has 0 atom stereocenters. The van der Waals surface area contributed by atoms with Crippen LogP contribution in [-0.2, 0) is 10.0 Å². The summed E-state index contributed by atoms with van der Waals surface area (Å²) in [6, 6.07) is 10.1. The molecule has 0 unspecified atom stereocenters. The Morgan fingerprint density at radius 2 is 1.59 bits per heavy atom. The summed E-state index contributed by atoms with van der Waals surface area (Å²) < 4.78 is 38.0. The van der Waals surface area contributed by atoms with Gasteiger partial charge in [-0.25, -0.2) is 8.42 Å². The molecule has 0 saturated carbocycles. The molecule has 0 aromatic heterocycles. The summed E-state index contributed by atoms with van der Waals surface area (Å²) in [6.45, 7) is 3.65. The van der Waals surface area contributed by atoms with Crippen molar-refractivity contribution < 1.29 is 17.9 Å². The number of ether oxygens (including phenoxy) is 2. The molecule has 0 aliphatic rings. The molecule has 0 bridgehead atoms. The summed E-state index contributed by atoms with van der Waals surface area (Å²) >= 11 is 0. The molecule has 2 aromatic rings. The fourth-order valence-electron chi connectivity index (χ4n) is 2.08. The quantitative estimate of drug-likeness (QED) is 0.919. The maximum absolute atomic E-state index is 12.5. The van der Waals surface area contributed by atoms with Crippen LogP contribution in [0.4, 0.5) is 5.69 Å². The number of nitrogens with one attached hydrogen (secondary N) is 1. The van der Waals surface area contributed by atoms with Crippen LogP contribution in [0.25, 0.3) is 0 Å². The van der Waals surface area contributed by atoms with E-state index in [0.29, 0.717) is 17.2 Å². The molecular weight excluding hydrogens is 302 g/mol. The smallest absolute Gasteiger partial charge is 0.261 e. The van der Waals surface area contributed by atoms with Crippen molar-refractivity contribution in [2.24, 2.45) is 0 Å². The predicted molar refractivity (Wildman–Crippen MR) is 86.3 cm³/mol. The minimum atomic E-state index is -3.65. The lowest BCUT2D eigenvalue weighted by Crippen LogP contribution is -2.14. The topological polar surface area (TPSA) is 64.6 Å². The van der Waals surface area contributed by atoms with E-state index in [9.17, 15) is 8.42 Å². The van der Waals surface area contributed by atoms with Gasteiger partial charge in [-0.05, 0) is 43.2 Å². The Labute approximate surface area is 130 Å². The summed E-state index contributed by atoms with van der Waals surface area (Å²) in [7, 11) is -0.608. The van der Waals surface area contributed by atoms with Gasteiger partial charge in [0.05, 0.1) is 24.8 Å². The van der Waals surface area contributed by atoms with Gasteiger partial charge in [0, 0.05) is 6.07 Å². The maximum atomic E-state index is 12.5. The molecule has 0 aliphatic heterocycles. The molecule has 0 radical (unpaired) electrons. The summed E-state index contributed by atoms with van der Waals surface area (Å²) in [5.41, 5.74) is 2.08. The molecule has 0 aliphatic carbocycles. The Bertz CT molecular complexity index is 785. The molecule has 2 rings (SSSR count). The van der Waals surface area contributed by atoms with Crippen molar-refractivity contribution >= 4 is 15.7 Å². The van der Waals surface area contributed by atoms with Crippen molar-refractivity contribution in [1.82, 2.24) is 0 Å². The highest BCUT2D eigenvalue weighted by Gasteiger charge is 2.17. The predicted octanol–water partition coefficient (Wildman–Crippen LogP) is 3.12. The van der Waals surface area contributed by atoms with E-state index in [1.165, 1.54) is 14.2 Å². The first-order valence-electron chi connectivity index (χ1n) is 6.69. The fraction of sp³-hybridized carbons (Fsp3) is 0.250. The number of hydrogen-bond acceptors (Lipinski definition) is 4. The highest BCUT2D eigenvalue weighted by Crippen LogP contribution is 2.33. The second-order valence-corrected chi connectivity index (χ2v) is 6.63. The minimum Gasteiger partial charge on any atom is -0.493 e. The third kappa shape index (κ3) is 3.33. The van der Waals surface area contributed by atoms with Crippen LogP contribution in [0.2, 0.25) is 0 Å². The zero-order valence-electron chi connectivity index (χ0n) is 13.0. The van der Waals surface area contributed by atoms with E-state index in [4.69, 9.17) is 9.47 Å². The molecular formula is C16H19NO4S. The first-order valence-corrected chi connectivity index (χ1v) is 8.18. The van der Waals surface area contributed by atoms with Gasteiger partial charge in [0.2, 0.25) is 0 Å². The van der Waals surface area contributed by atoms with Crippen molar-refractivity contribution in [2.45, 2.75) is 18.7 Å². The molecule has 0 spiro atoms. The zero-order chi connectivity index (χ0) is 16.3. The third-order valence-corrected chi connectivity index (χ3v) is 4.64. The van der Waals surface area contributed by atoms with Crippen molar-refractivity contribution in [2.75, 3.05) is 18.9 Å². The van der Waals surface area contributed by atoms with Gasteiger partial charge < -0.3 is 9.47 Å². The number of benzene rings is 2. The van der Waals surface area contributed by atoms with E-state index in [0.717, 1.165) is 11.1 Å². The third-order valence-electron chi connectivity index (χ3n) is 3.27. The SMILES string of the molecule is COc1cc(C)c(NS(=O)(=O)c2cccc(C)c2)cc1OC. The van der Waals surface area contributed by atoms with Crippen LogP contribution in [0, 0.1) is 13.8 Å². The van der Waals surface area contributed by atoms with E-state index in [-0.39, 0.29) is 4.90 Å². The lowest BCUT2D eigenvalue weighted by Gasteiger charge is -2.14. The summed E-state index contributed by atoms with van der Waals surface area (Å²) in [5, 5.41) is 0. The maximum Gasteiger partial charge on any atom is 0.261 e. The standard InChI is InChI=1S/C16H19NO4S/c1-11-6-5-7-13(8-11)22(18,19)17-14-10-16(21-4)15(20-3)9-12(14)2/h5-10,17H,1-4H3. The Morgan fingerprint density at radius 3 is 2.18 bits per heavy atom. The van der Waals surface area contributed by atoms with Crippen LogP contribution in [-0.4, -0.2) is 22.6 Å². The molecule has 1 N–H and O–H groups in total. The monoisotopic (exact) mass is 321 g/mol. The second kappa shape index (κ2) is 6.27. The molecule has 5 nitrogen and oxygen atoms in total. The van der Waals surface area contributed by atoms with Gasteiger partial charge in [-0.2, -0.15) is 0 Å². The number of rotatable bonds is 5. The van der Waals surface area contributed by atoms with Crippen molar-refractivity contribution in [3.8, 4) is 11.5 Å². The van der Waals surface area contributed by atoms with Gasteiger partial charge in [0.25, 0.3) is 10.0 Å². The molecule has 22 heavy (non-hydrogen) atoms. The van der Waals surface area contributed by atoms with Crippen LogP contribution in [0.1, 0.15) is 11.1 Å². The van der Waals surface area contributed by atoms with Gasteiger partial charge in [0.15, 0.2) is 11.5 Å². The first kappa shape index (κ1) is 16.2. The number of methoxy groups -OCH3 is 2. The summed E-state index contributed by atoms with van der Waals surface area (Å²) in [5.74, 6) is 1.02. The van der Waals surface area contributed by atoms with E-state index in [2.05, 4.69) is 4.72 Å². The number of sulfonamides is 1. The van der Waals surface area contributed by atoms with Crippen molar-refractivity contribution in [3.05, 3.63) is 47.5 Å². The molecule has 2 aromatic carbocycles. The van der Waals surface area contributed by atoms with Gasteiger partial charge in [-0.3, -0.25) is 4.72 Å². The zero-order valence-corrected chi connectivity index (χ0v) is 13.8. The number of aryl methyl sites for hydroxylation is 2. The first-order chi connectivity index (χ1) is 10.4. The molecule has 6 heteroatoms. The van der Waals surface area contributed by atoms with Crippen LogP contribution in [0.5, 0.6) is 11.5 Å². The van der Waals surface area contributed by atoms with Crippen LogP contribution >= 0.6 is 0 Å². The van der Waals surface area contributed by atoms with Crippen molar-refractivity contribution in [3.63, 3.8) is 0 Å². The Balaban J connectivity index is 2.42. The minimum absolute atomic E-state index is 0.224. The van der Waals surface area contributed by atoms with Crippen molar-refractivity contribution in [1.29, 1.82) is 0 Å². The van der Waals surface area contributed by atoms with E-state index < -0.39 is 10.0 Å². The lowest BCUT2D eigenvalue weighted by molar-refractivity contribution is 0.355. The summed E-state index contributed by atoms with van der Waals surface area (Å²) in [6.07, 6.45) is 0. The number of anilines is 1. The van der Waals surface area contributed by atoms with Gasteiger partial charge >= 0.3 is 0 Å². The van der Waals surface area contributed by atoms with E-state index in [1.807, 2.05) is 13.0 Å². The number of hydrogen-bond donors (Lipinski definition) is 1. The molecule has 0 fully saturated rings. The average molecular weight is 321 g/mol. The normalized spacial score (nSPS) is 11.1. The highest BCUT2D eigenvalue weighted by molar-refractivity contribution is 7.92. The van der Waals surface area contributed by atoms with Crippen LogP contribution in [0.15, 0.2) is 41.3 Å². The average Bonchev–Trinajstić information content (AvgIpc) is 2.48. The largest absolute Gasteiger partial charge is 0.493 e. The fourth-order valence-corrected chi connectivity index (χ4v) is 3.30. The molecule has 0 amide bonds. The molecule has 0 heterocycles. The van der Waals surface area contributed by atoms with Gasteiger partial charge in [-0.15, -0.1) is 0 Å². The Hall–Kier alpha value is -2.21. The second-order valence-electron chi connectivity index (χ2n) is 4.94. The Kier molecular flexibility index (Phi) is 4.61. The van der Waals surface area contributed by atoms with E-state index >= 15 is 0 Å². The van der Waals surface area contributed by atoms with Crippen LogP contribution < -0.4 is 14.2 Å². The van der Waals surface area contributed by atoms with Gasteiger partial charge in [-0.1, -0.05) is 12.1 Å². The molecule has 0 saturated heterocycles.